The number of fused-ring (bicyclic) bond motifs is 1. The fraction of sp³-hybridized carbons (Fsp3) is 0.222. The Hall–Kier alpha value is -2.82. The van der Waals surface area contributed by atoms with E-state index in [9.17, 15) is 4.79 Å². The molecule has 1 atom stereocenters. The van der Waals surface area contributed by atoms with Crippen molar-refractivity contribution in [2.75, 3.05) is 5.32 Å². The van der Waals surface area contributed by atoms with Crippen LogP contribution in [0.25, 0.3) is 11.1 Å². The Bertz CT molecular complexity index is 854. The lowest BCUT2D eigenvalue weighted by atomic mass is 10.2. The predicted molar refractivity (Wildman–Crippen MR) is 88.6 cm³/mol. The van der Waals surface area contributed by atoms with Crippen LogP contribution in [-0.2, 0) is 4.79 Å². The Labute approximate surface area is 134 Å². The smallest absolute Gasteiger partial charge is 0.265 e. The van der Waals surface area contributed by atoms with Gasteiger partial charge in [-0.1, -0.05) is 12.1 Å². The normalized spacial score (nSPS) is 12.1. The van der Waals surface area contributed by atoms with Crippen molar-refractivity contribution in [1.29, 1.82) is 0 Å². The molecule has 0 radical (unpaired) electrons. The zero-order valence-corrected chi connectivity index (χ0v) is 13.3. The van der Waals surface area contributed by atoms with Gasteiger partial charge >= 0.3 is 0 Å². The van der Waals surface area contributed by atoms with Gasteiger partial charge in [0.15, 0.2) is 17.6 Å². The van der Waals surface area contributed by atoms with Crippen molar-refractivity contribution in [3.63, 3.8) is 0 Å². The number of hydrogen-bond donors (Lipinski definition) is 1. The number of hydrogen-bond acceptors (Lipinski definition) is 4. The van der Waals surface area contributed by atoms with Crippen molar-refractivity contribution in [3.05, 3.63) is 53.9 Å². The van der Waals surface area contributed by atoms with Crippen molar-refractivity contribution in [2.24, 2.45) is 0 Å². The molecule has 1 heterocycles. The molecular weight excluding hydrogens is 292 g/mol. The van der Waals surface area contributed by atoms with E-state index in [0.717, 1.165) is 11.1 Å². The lowest BCUT2D eigenvalue weighted by Crippen LogP contribution is -2.30. The molecule has 0 aliphatic carbocycles. The molecular formula is C18H18N2O3. The molecule has 0 spiro atoms. The Morgan fingerprint density at radius 3 is 2.83 bits per heavy atom. The lowest BCUT2D eigenvalue weighted by Gasteiger charge is -2.15. The summed E-state index contributed by atoms with van der Waals surface area (Å²) in [4.78, 5) is 16.5. The third kappa shape index (κ3) is 3.51. The molecule has 2 aromatic carbocycles. The van der Waals surface area contributed by atoms with Gasteiger partial charge in [0, 0.05) is 18.7 Å². The summed E-state index contributed by atoms with van der Waals surface area (Å²) in [6.07, 6.45) is -0.607. The summed E-state index contributed by atoms with van der Waals surface area (Å²) in [7, 11) is 0. The average molecular weight is 310 g/mol. The SMILES string of the molecule is Cc1cccc(OC(C)C(=O)Nc2ccc3nc(C)oc3c2)c1. The molecule has 0 saturated carbocycles. The molecule has 0 fully saturated rings. The Morgan fingerprint density at radius 1 is 1.22 bits per heavy atom. The quantitative estimate of drug-likeness (QED) is 0.795. The van der Waals surface area contributed by atoms with E-state index in [1.54, 1.807) is 26.0 Å². The maximum Gasteiger partial charge on any atom is 0.265 e. The van der Waals surface area contributed by atoms with E-state index in [0.29, 0.717) is 22.9 Å². The Balaban J connectivity index is 1.69. The second-order valence-electron chi connectivity index (χ2n) is 5.48. The lowest BCUT2D eigenvalue weighted by molar-refractivity contribution is -0.122. The van der Waals surface area contributed by atoms with E-state index in [1.807, 2.05) is 37.3 Å². The summed E-state index contributed by atoms with van der Waals surface area (Å²) >= 11 is 0. The van der Waals surface area contributed by atoms with E-state index in [-0.39, 0.29) is 5.91 Å². The highest BCUT2D eigenvalue weighted by molar-refractivity contribution is 5.95. The van der Waals surface area contributed by atoms with Crippen molar-refractivity contribution in [1.82, 2.24) is 4.98 Å². The van der Waals surface area contributed by atoms with E-state index in [1.165, 1.54) is 0 Å². The van der Waals surface area contributed by atoms with Crippen LogP contribution in [0.4, 0.5) is 5.69 Å². The summed E-state index contributed by atoms with van der Waals surface area (Å²) in [5.41, 5.74) is 3.15. The van der Waals surface area contributed by atoms with Gasteiger partial charge in [-0.3, -0.25) is 4.79 Å². The molecule has 3 aromatic rings. The third-order valence-corrected chi connectivity index (χ3v) is 3.43. The van der Waals surface area contributed by atoms with Gasteiger partial charge < -0.3 is 14.5 Å². The van der Waals surface area contributed by atoms with Gasteiger partial charge in [0.05, 0.1) is 0 Å². The number of oxazole rings is 1. The van der Waals surface area contributed by atoms with Gasteiger partial charge in [-0.15, -0.1) is 0 Å². The number of carbonyl (C=O) groups excluding carboxylic acids is 1. The Kier molecular flexibility index (Phi) is 4.02. The van der Waals surface area contributed by atoms with Crippen LogP contribution in [0, 0.1) is 13.8 Å². The molecule has 1 N–H and O–H groups in total. The summed E-state index contributed by atoms with van der Waals surface area (Å²) in [5, 5.41) is 2.83. The first kappa shape index (κ1) is 15.1. The van der Waals surface area contributed by atoms with E-state index in [4.69, 9.17) is 9.15 Å². The number of anilines is 1. The summed E-state index contributed by atoms with van der Waals surface area (Å²) < 4.78 is 11.1. The second kappa shape index (κ2) is 6.12. The molecule has 0 aliphatic rings. The van der Waals surface area contributed by atoms with Gasteiger partial charge in [0.2, 0.25) is 0 Å². The highest BCUT2D eigenvalue weighted by Crippen LogP contribution is 2.20. The zero-order chi connectivity index (χ0) is 16.4. The molecule has 118 valence electrons. The maximum absolute atomic E-state index is 12.3. The maximum atomic E-state index is 12.3. The van der Waals surface area contributed by atoms with Crippen LogP contribution in [0.15, 0.2) is 46.9 Å². The molecule has 0 saturated heterocycles. The predicted octanol–water partition coefficient (Wildman–Crippen LogP) is 3.85. The van der Waals surface area contributed by atoms with Crippen LogP contribution in [-0.4, -0.2) is 17.0 Å². The fourth-order valence-corrected chi connectivity index (χ4v) is 2.31. The van der Waals surface area contributed by atoms with E-state index >= 15 is 0 Å². The number of rotatable bonds is 4. The van der Waals surface area contributed by atoms with Crippen LogP contribution in [0.5, 0.6) is 5.75 Å². The number of ether oxygens (including phenoxy) is 1. The molecule has 5 nitrogen and oxygen atoms in total. The number of benzene rings is 2. The van der Waals surface area contributed by atoms with Crippen molar-refractivity contribution < 1.29 is 13.9 Å². The number of amides is 1. The number of nitrogens with zero attached hydrogens (tertiary/aromatic N) is 1. The standard InChI is InChI=1S/C18H18N2O3/c1-11-5-4-6-15(9-11)22-12(2)18(21)20-14-7-8-16-17(10-14)23-13(3)19-16/h4-10,12H,1-3H3,(H,20,21). The Morgan fingerprint density at radius 2 is 2.04 bits per heavy atom. The van der Waals surface area contributed by atoms with E-state index < -0.39 is 6.10 Å². The number of carbonyl (C=O) groups is 1. The van der Waals surface area contributed by atoms with Crippen molar-refractivity contribution in [2.45, 2.75) is 26.9 Å². The average Bonchev–Trinajstić information content (AvgIpc) is 2.86. The molecule has 0 bridgehead atoms. The largest absolute Gasteiger partial charge is 0.481 e. The zero-order valence-electron chi connectivity index (χ0n) is 13.3. The van der Waals surface area contributed by atoms with Gasteiger partial charge in [-0.25, -0.2) is 4.98 Å². The van der Waals surface area contributed by atoms with Gasteiger partial charge in [0.25, 0.3) is 5.91 Å². The van der Waals surface area contributed by atoms with Crippen LogP contribution in [0.1, 0.15) is 18.4 Å². The van der Waals surface area contributed by atoms with Gasteiger partial charge in [-0.2, -0.15) is 0 Å². The second-order valence-corrected chi connectivity index (χ2v) is 5.48. The molecule has 0 aliphatic heterocycles. The minimum atomic E-state index is -0.607. The first-order valence-corrected chi connectivity index (χ1v) is 7.42. The minimum absolute atomic E-state index is 0.220. The minimum Gasteiger partial charge on any atom is -0.481 e. The molecule has 23 heavy (non-hydrogen) atoms. The highest BCUT2D eigenvalue weighted by atomic mass is 16.5. The number of aryl methyl sites for hydroxylation is 2. The first-order chi connectivity index (χ1) is 11.0. The van der Waals surface area contributed by atoms with Crippen LogP contribution >= 0.6 is 0 Å². The van der Waals surface area contributed by atoms with Gasteiger partial charge in [-0.05, 0) is 43.7 Å². The summed E-state index contributed by atoms with van der Waals surface area (Å²) in [6.45, 7) is 5.48. The first-order valence-electron chi connectivity index (χ1n) is 7.42. The topological polar surface area (TPSA) is 64.4 Å². The molecule has 5 heteroatoms. The van der Waals surface area contributed by atoms with E-state index in [2.05, 4.69) is 10.3 Å². The highest BCUT2D eigenvalue weighted by Gasteiger charge is 2.15. The molecule has 1 amide bonds. The number of nitrogens with one attached hydrogen (secondary N) is 1. The van der Waals surface area contributed by atoms with Crippen molar-refractivity contribution >= 4 is 22.7 Å². The molecule has 3 rings (SSSR count). The molecule has 1 unspecified atom stereocenters. The van der Waals surface area contributed by atoms with Gasteiger partial charge in [0.1, 0.15) is 11.3 Å². The summed E-state index contributed by atoms with van der Waals surface area (Å²) in [5.74, 6) is 1.05. The van der Waals surface area contributed by atoms with Crippen molar-refractivity contribution in [3.8, 4) is 5.75 Å². The van der Waals surface area contributed by atoms with Crippen LogP contribution < -0.4 is 10.1 Å². The number of aromatic nitrogens is 1. The molecule has 1 aromatic heterocycles. The summed E-state index contributed by atoms with van der Waals surface area (Å²) in [6, 6.07) is 13.0. The van der Waals surface area contributed by atoms with Crippen LogP contribution in [0.3, 0.4) is 0 Å². The fourth-order valence-electron chi connectivity index (χ4n) is 2.31. The van der Waals surface area contributed by atoms with Crippen LogP contribution in [0.2, 0.25) is 0 Å². The third-order valence-electron chi connectivity index (χ3n) is 3.43. The monoisotopic (exact) mass is 310 g/mol.